The van der Waals surface area contributed by atoms with E-state index in [1.165, 1.54) is 0 Å². The van der Waals surface area contributed by atoms with E-state index in [4.69, 9.17) is 39.5 Å². The zero-order chi connectivity index (χ0) is 12.1. The number of nitrogens with one attached hydrogen (secondary N) is 1. The number of hydrogen-bond acceptors (Lipinski definition) is 4. The minimum absolute atomic E-state index is 0.280. The van der Waals surface area contributed by atoms with Gasteiger partial charge in [-0.3, -0.25) is 5.32 Å². The van der Waals surface area contributed by atoms with Crippen molar-refractivity contribution in [3.05, 3.63) is 0 Å². The molecule has 1 atom stereocenters. The molecule has 0 fully saturated rings. The van der Waals surface area contributed by atoms with Crippen LogP contribution >= 0.6 is 47.0 Å². The highest BCUT2D eigenvalue weighted by molar-refractivity contribution is 7.78. The molecule has 0 saturated heterocycles. The maximum Gasteiger partial charge on any atom is 0.409 e. The lowest BCUT2D eigenvalue weighted by Crippen LogP contribution is -2.43. The molecule has 86 valence electrons. The third-order valence-electron chi connectivity index (χ3n) is 1.09. The van der Waals surface area contributed by atoms with Gasteiger partial charge in [0.05, 0.1) is 11.3 Å². The monoisotopic (exact) mass is 290 g/mol. The lowest BCUT2D eigenvalue weighted by Gasteiger charge is -2.20. The molecule has 0 heterocycles. The Morgan fingerprint density at radius 1 is 1.53 bits per heavy atom. The second-order valence-electron chi connectivity index (χ2n) is 2.76. The maximum absolute atomic E-state index is 11.2. The van der Waals surface area contributed by atoms with E-state index in [0.29, 0.717) is 0 Å². The van der Waals surface area contributed by atoms with E-state index in [9.17, 15) is 4.79 Å². The number of rotatable bonds is 3. The number of alkyl carbamates (subject to hydrolysis) is 1. The molecule has 1 amide bonds. The first kappa shape index (κ1) is 14.9. The average Bonchev–Trinajstić information content (AvgIpc) is 2.00. The minimum atomic E-state index is -1.80. The van der Waals surface area contributed by atoms with Gasteiger partial charge in [0.2, 0.25) is 3.79 Å². The molecule has 1 unspecified atom stereocenters. The van der Waals surface area contributed by atoms with Crippen molar-refractivity contribution < 1.29 is 9.53 Å². The summed E-state index contributed by atoms with van der Waals surface area (Å²) in [5, 5.41) is 4.25. The maximum atomic E-state index is 11.2. The van der Waals surface area contributed by atoms with Crippen molar-refractivity contribution in [2.24, 2.45) is 4.99 Å². The fourth-order valence-corrected chi connectivity index (χ4v) is 1.02. The van der Waals surface area contributed by atoms with Crippen molar-refractivity contribution in [3.8, 4) is 0 Å². The summed E-state index contributed by atoms with van der Waals surface area (Å²) >= 11 is 21.0. The lowest BCUT2D eigenvalue weighted by molar-refractivity contribution is 0.112. The molecule has 0 bridgehead atoms. The van der Waals surface area contributed by atoms with Crippen LogP contribution in [-0.2, 0) is 4.74 Å². The fraction of sp³-hybridized carbons (Fsp3) is 0.714. The number of nitrogens with zero attached hydrogens (tertiary/aromatic N) is 1. The zero-order valence-electron chi connectivity index (χ0n) is 7.96. The van der Waals surface area contributed by atoms with Crippen LogP contribution in [0.15, 0.2) is 4.99 Å². The highest BCUT2D eigenvalue weighted by Crippen LogP contribution is 2.30. The molecule has 4 nitrogen and oxygen atoms in total. The molecule has 0 aliphatic carbocycles. The van der Waals surface area contributed by atoms with Gasteiger partial charge in [-0.1, -0.05) is 34.8 Å². The Kier molecular flexibility index (Phi) is 6.48. The van der Waals surface area contributed by atoms with Crippen molar-refractivity contribution >= 4 is 58.3 Å². The Morgan fingerprint density at radius 3 is 2.40 bits per heavy atom. The van der Waals surface area contributed by atoms with Crippen LogP contribution in [0.25, 0.3) is 0 Å². The van der Waals surface area contributed by atoms with Crippen LogP contribution in [0, 0.1) is 0 Å². The third-order valence-corrected chi connectivity index (χ3v) is 1.81. The number of carbonyl (C=O) groups is 1. The van der Waals surface area contributed by atoms with Crippen molar-refractivity contribution in [2.75, 3.05) is 0 Å². The number of thiocarbonyl (C=S) groups is 1. The SMILES string of the molecule is CC(C)OC(=O)NC(N=C=S)C(Cl)(Cl)Cl. The summed E-state index contributed by atoms with van der Waals surface area (Å²) in [4.78, 5) is 14.7. The number of carbonyl (C=O) groups excluding carboxylic acids is 1. The summed E-state index contributed by atoms with van der Waals surface area (Å²) in [6.45, 7) is 3.37. The van der Waals surface area contributed by atoms with Crippen LogP contribution in [0.3, 0.4) is 0 Å². The van der Waals surface area contributed by atoms with E-state index in [-0.39, 0.29) is 6.10 Å². The number of aliphatic imine (C=N–C) groups is 1. The molecular formula is C7H9Cl3N2O2S. The molecule has 0 aliphatic rings. The molecular weight excluding hydrogens is 283 g/mol. The van der Waals surface area contributed by atoms with Gasteiger partial charge in [-0.05, 0) is 26.1 Å². The van der Waals surface area contributed by atoms with Crippen LogP contribution < -0.4 is 5.32 Å². The van der Waals surface area contributed by atoms with Gasteiger partial charge < -0.3 is 4.74 Å². The van der Waals surface area contributed by atoms with Crippen LogP contribution in [0.1, 0.15) is 13.8 Å². The van der Waals surface area contributed by atoms with Gasteiger partial charge in [-0.15, -0.1) is 0 Å². The molecule has 0 rings (SSSR count). The second kappa shape index (κ2) is 6.51. The van der Waals surface area contributed by atoms with Gasteiger partial charge in [-0.25, -0.2) is 9.79 Å². The van der Waals surface area contributed by atoms with E-state index in [0.717, 1.165) is 0 Å². The van der Waals surface area contributed by atoms with E-state index in [1.807, 2.05) is 5.16 Å². The highest BCUT2D eigenvalue weighted by atomic mass is 35.6. The van der Waals surface area contributed by atoms with Crippen LogP contribution in [0.4, 0.5) is 4.79 Å². The number of isothiocyanates is 1. The summed E-state index contributed by atoms with van der Waals surface area (Å²) in [6.07, 6.45) is -2.14. The molecule has 0 spiro atoms. The van der Waals surface area contributed by atoms with Crippen molar-refractivity contribution in [3.63, 3.8) is 0 Å². The Balaban J connectivity index is 4.43. The first-order valence-electron chi connectivity index (χ1n) is 3.88. The fourth-order valence-electron chi connectivity index (χ4n) is 0.600. The minimum Gasteiger partial charge on any atom is -0.447 e. The van der Waals surface area contributed by atoms with Gasteiger partial charge in [0.1, 0.15) is 0 Å². The molecule has 0 aromatic heterocycles. The number of hydrogen-bond donors (Lipinski definition) is 1. The van der Waals surface area contributed by atoms with E-state index in [1.54, 1.807) is 13.8 Å². The zero-order valence-corrected chi connectivity index (χ0v) is 11.0. The largest absolute Gasteiger partial charge is 0.447 e. The summed E-state index contributed by atoms with van der Waals surface area (Å²) in [5.74, 6) is 0. The molecule has 0 aliphatic heterocycles. The number of alkyl halides is 3. The Morgan fingerprint density at radius 2 is 2.07 bits per heavy atom. The topological polar surface area (TPSA) is 50.7 Å². The van der Waals surface area contributed by atoms with E-state index >= 15 is 0 Å². The number of ether oxygens (including phenoxy) is 1. The van der Waals surface area contributed by atoms with Gasteiger partial charge in [0, 0.05) is 0 Å². The lowest BCUT2D eigenvalue weighted by atomic mass is 10.5. The molecule has 0 saturated carbocycles. The first-order valence-corrected chi connectivity index (χ1v) is 5.42. The van der Waals surface area contributed by atoms with Crippen molar-refractivity contribution in [2.45, 2.75) is 29.9 Å². The average molecular weight is 292 g/mol. The molecule has 0 aromatic carbocycles. The quantitative estimate of drug-likeness (QED) is 0.494. The summed E-state index contributed by atoms with van der Waals surface area (Å²) in [7, 11) is 0. The Hall–Kier alpha value is -0.0600. The van der Waals surface area contributed by atoms with Crippen molar-refractivity contribution in [1.29, 1.82) is 0 Å². The number of amides is 1. The first-order chi connectivity index (χ1) is 6.77. The molecule has 0 aromatic rings. The van der Waals surface area contributed by atoms with E-state index < -0.39 is 16.1 Å². The standard InChI is InChI=1S/C7H9Cl3N2O2S/c1-4(2)14-6(13)12-5(11-3-15)7(8,9)10/h4-5H,1-2H3,(H,12,13). The van der Waals surface area contributed by atoms with Gasteiger partial charge >= 0.3 is 6.09 Å². The predicted molar refractivity (Wildman–Crippen MR) is 63.9 cm³/mol. The summed E-state index contributed by atoms with van der Waals surface area (Å²) in [5.41, 5.74) is 0. The van der Waals surface area contributed by atoms with Gasteiger partial charge in [-0.2, -0.15) is 0 Å². The Labute approximate surface area is 108 Å². The highest BCUT2D eigenvalue weighted by Gasteiger charge is 2.34. The van der Waals surface area contributed by atoms with Crippen LogP contribution in [-0.4, -0.2) is 27.3 Å². The number of halogens is 3. The van der Waals surface area contributed by atoms with Crippen LogP contribution in [0.5, 0.6) is 0 Å². The van der Waals surface area contributed by atoms with Crippen molar-refractivity contribution in [1.82, 2.24) is 5.32 Å². The normalized spacial score (nSPS) is 12.9. The smallest absolute Gasteiger partial charge is 0.409 e. The predicted octanol–water partition coefficient (Wildman–Crippen LogP) is 2.92. The Bertz CT molecular complexity index is 274. The van der Waals surface area contributed by atoms with Crippen LogP contribution in [0.2, 0.25) is 0 Å². The molecule has 8 heteroatoms. The summed E-state index contributed by atoms with van der Waals surface area (Å²) in [6, 6.07) is 0. The van der Waals surface area contributed by atoms with E-state index in [2.05, 4.69) is 22.5 Å². The summed E-state index contributed by atoms with van der Waals surface area (Å²) < 4.78 is 2.97. The van der Waals surface area contributed by atoms with Gasteiger partial charge in [0.15, 0.2) is 6.17 Å². The molecule has 15 heavy (non-hydrogen) atoms. The second-order valence-corrected chi connectivity index (χ2v) is 5.31. The molecule has 0 radical (unpaired) electrons. The molecule has 1 N–H and O–H groups in total. The van der Waals surface area contributed by atoms with Gasteiger partial charge in [0.25, 0.3) is 0 Å². The third kappa shape index (κ3) is 6.93.